The van der Waals surface area contributed by atoms with Crippen molar-refractivity contribution < 1.29 is 0 Å². The van der Waals surface area contributed by atoms with Gasteiger partial charge in [-0.1, -0.05) is 15.9 Å². The number of nitrogens with one attached hydrogen (secondary N) is 1. The van der Waals surface area contributed by atoms with Crippen LogP contribution in [0.5, 0.6) is 0 Å². The molecule has 0 aliphatic rings. The molecule has 1 heterocycles. The van der Waals surface area contributed by atoms with E-state index >= 15 is 0 Å². The van der Waals surface area contributed by atoms with Crippen LogP contribution in [0.3, 0.4) is 0 Å². The molecule has 0 radical (unpaired) electrons. The molecule has 1 N–H and O–H groups in total. The molecule has 0 amide bonds. The summed E-state index contributed by atoms with van der Waals surface area (Å²) < 4.78 is 1.08. The van der Waals surface area contributed by atoms with Gasteiger partial charge in [-0.3, -0.25) is 0 Å². The number of benzene rings is 1. The highest BCUT2D eigenvalue weighted by atomic mass is 79.9. The summed E-state index contributed by atoms with van der Waals surface area (Å²) in [5.41, 5.74) is 4.26. The molecule has 0 bridgehead atoms. The van der Waals surface area contributed by atoms with Crippen molar-refractivity contribution >= 4 is 15.9 Å². The van der Waals surface area contributed by atoms with E-state index in [0.29, 0.717) is 0 Å². The summed E-state index contributed by atoms with van der Waals surface area (Å²) in [6.45, 7) is 4.83. The fourth-order valence-corrected chi connectivity index (χ4v) is 2.38. The van der Waals surface area contributed by atoms with Crippen molar-refractivity contribution in [1.29, 1.82) is 0 Å². The topological polar surface area (TPSA) is 37.8 Å². The molecule has 18 heavy (non-hydrogen) atoms. The second-order valence-electron chi connectivity index (χ2n) is 4.31. The Morgan fingerprint density at radius 1 is 1.17 bits per heavy atom. The molecular weight excluding hydrogens is 290 g/mol. The number of nitrogens with zero attached hydrogens (tertiary/aromatic N) is 2. The molecule has 1 aromatic carbocycles. The summed E-state index contributed by atoms with van der Waals surface area (Å²) >= 11 is 3.47. The number of aryl methyl sites for hydroxylation is 2. The minimum atomic E-state index is 0.756. The fourth-order valence-electron chi connectivity index (χ4n) is 1.90. The third-order valence-electron chi connectivity index (χ3n) is 2.69. The Kier molecular flexibility index (Phi) is 4.09. The summed E-state index contributed by atoms with van der Waals surface area (Å²) in [7, 11) is 1.92. The van der Waals surface area contributed by atoms with E-state index in [-0.39, 0.29) is 0 Å². The Balaban J connectivity index is 2.49. The van der Waals surface area contributed by atoms with Crippen LogP contribution >= 0.6 is 15.9 Å². The number of aromatic nitrogens is 2. The minimum absolute atomic E-state index is 0.756. The zero-order valence-electron chi connectivity index (χ0n) is 10.8. The highest BCUT2D eigenvalue weighted by molar-refractivity contribution is 9.10. The maximum atomic E-state index is 4.60. The van der Waals surface area contributed by atoms with Crippen molar-refractivity contribution in [2.45, 2.75) is 20.4 Å². The van der Waals surface area contributed by atoms with Gasteiger partial charge in [0.05, 0.1) is 5.69 Å². The smallest absolute Gasteiger partial charge is 0.159 e. The molecule has 0 fully saturated rings. The van der Waals surface area contributed by atoms with Crippen molar-refractivity contribution in [2.24, 2.45) is 0 Å². The second-order valence-corrected chi connectivity index (χ2v) is 5.23. The first-order chi connectivity index (χ1) is 8.60. The lowest BCUT2D eigenvalue weighted by Gasteiger charge is -2.08. The summed E-state index contributed by atoms with van der Waals surface area (Å²) in [5, 5.41) is 3.12. The zero-order valence-corrected chi connectivity index (χ0v) is 12.4. The molecule has 0 unspecified atom stereocenters. The van der Waals surface area contributed by atoms with Crippen LogP contribution in [0.2, 0.25) is 0 Å². The van der Waals surface area contributed by atoms with Crippen LogP contribution in [0.15, 0.2) is 28.7 Å². The SMILES string of the molecule is CNCc1cc(C)nc(-c2ccc(Br)cc2C)n1. The van der Waals surface area contributed by atoms with Gasteiger partial charge in [0.25, 0.3) is 0 Å². The van der Waals surface area contributed by atoms with Crippen molar-refractivity contribution in [3.8, 4) is 11.4 Å². The molecule has 0 atom stereocenters. The monoisotopic (exact) mass is 305 g/mol. The Morgan fingerprint density at radius 3 is 2.61 bits per heavy atom. The first-order valence-corrected chi connectivity index (χ1v) is 6.65. The lowest BCUT2D eigenvalue weighted by atomic mass is 10.1. The van der Waals surface area contributed by atoms with Gasteiger partial charge in [-0.2, -0.15) is 0 Å². The highest BCUT2D eigenvalue weighted by Crippen LogP contribution is 2.23. The van der Waals surface area contributed by atoms with E-state index in [1.165, 1.54) is 5.56 Å². The van der Waals surface area contributed by atoms with Gasteiger partial charge in [0.15, 0.2) is 5.82 Å². The molecule has 94 valence electrons. The third-order valence-corrected chi connectivity index (χ3v) is 3.19. The standard InChI is InChI=1S/C14H16BrN3/c1-9-6-11(15)4-5-13(9)14-17-10(2)7-12(18-14)8-16-3/h4-7,16H,8H2,1-3H3. The van der Waals surface area contributed by atoms with Gasteiger partial charge < -0.3 is 5.32 Å². The fraction of sp³-hybridized carbons (Fsp3) is 0.286. The molecule has 4 heteroatoms. The predicted octanol–water partition coefficient (Wildman–Crippen LogP) is 3.24. The summed E-state index contributed by atoms with van der Waals surface area (Å²) in [6, 6.07) is 8.16. The van der Waals surface area contributed by atoms with Gasteiger partial charge in [0, 0.05) is 22.3 Å². The number of rotatable bonds is 3. The Bertz CT molecular complexity index is 567. The van der Waals surface area contributed by atoms with E-state index < -0.39 is 0 Å². The average Bonchev–Trinajstić information content (AvgIpc) is 2.28. The van der Waals surface area contributed by atoms with Crippen LogP contribution in [0, 0.1) is 13.8 Å². The quantitative estimate of drug-likeness (QED) is 0.946. The molecular formula is C14H16BrN3. The first-order valence-electron chi connectivity index (χ1n) is 5.86. The van der Waals surface area contributed by atoms with Crippen LogP contribution in [-0.4, -0.2) is 17.0 Å². The summed E-state index contributed by atoms with van der Waals surface area (Å²) in [4.78, 5) is 9.12. The van der Waals surface area contributed by atoms with Crippen molar-refractivity contribution in [1.82, 2.24) is 15.3 Å². The Labute approximate surface area is 116 Å². The molecule has 0 aliphatic carbocycles. The first kappa shape index (κ1) is 13.2. The maximum absolute atomic E-state index is 4.60. The zero-order chi connectivity index (χ0) is 13.1. The van der Waals surface area contributed by atoms with Crippen LogP contribution in [0.4, 0.5) is 0 Å². The molecule has 3 nitrogen and oxygen atoms in total. The van der Waals surface area contributed by atoms with Gasteiger partial charge in [-0.05, 0) is 50.7 Å². The lowest BCUT2D eigenvalue weighted by Crippen LogP contribution is -2.08. The van der Waals surface area contributed by atoms with E-state index in [9.17, 15) is 0 Å². The van der Waals surface area contributed by atoms with Crippen molar-refractivity contribution in [3.63, 3.8) is 0 Å². The minimum Gasteiger partial charge on any atom is -0.314 e. The van der Waals surface area contributed by atoms with E-state index in [1.54, 1.807) is 0 Å². The van der Waals surface area contributed by atoms with Crippen LogP contribution in [0.1, 0.15) is 17.0 Å². The van der Waals surface area contributed by atoms with Crippen LogP contribution in [-0.2, 0) is 6.54 Å². The highest BCUT2D eigenvalue weighted by Gasteiger charge is 2.07. The van der Waals surface area contributed by atoms with Gasteiger partial charge in [0.2, 0.25) is 0 Å². The largest absolute Gasteiger partial charge is 0.314 e. The van der Waals surface area contributed by atoms with Gasteiger partial charge in [0.1, 0.15) is 0 Å². The lowest BCUT2D eigenvalue weighted by molar-refractivity contribution is 0.785. The summed E-state index contributed by atoms with van der Waals surface area (Å²) in [5.74, 6) is 0.797. The average molecular weight is 306 g/mol. The van der Waals surface area contributed by atoms with Crippen LogP contribution in [0.25, 0.3) is 11.4 Å². The van der Waals surface area contributed by atoms with Gasteiger partial charge in [-0.25, -0.2) is 9.97 Å². The number of hydrogen-bond acceptors (Lipinski definition) is 3. The molecule has 0 aliphatic heterocycles. The number of hydrogen-bond donors (Lipinski definition) is 1. The van der Waals surface area contributed by atoms with Gasteiger partial charge >= 0.3 is 0 Å². The van der Waals surface area contributed by atoms with Gasteiger partial charge in [-0.15, -0.1) is 0 Å². The predicted molar refractivity (Wildman–Crippen MR) is 77.4 cm³/mol. The molecule has 0 saturated heterocycles. The number of halogens is 1. The third kappa shape index (κ3) is 2.94. The Hall–Kier alpha value is -1.26. The van der Waals surface area contributed by atoms with Crippen molar-refractivity contribution in [3.05, 3.63) is 45.7 Å². The second kappa shape index (κ2) is 5.59. The van der Waals surface area contributed by atoms with Crippen molar-refractivity contribution in [2.75, 3.05) is 7.05 Å². The Morgan fingerprint density at radius 2 is 1.94 bits per heavy atom. The molecule has 0 spiro atoms. The molecule has 2 rings (SSSR count). The van der Waals surface area contributed by atoms with E-state index in [2.05, 4.69) is 50.3 Å². The van der Waals surface area contributed by atoms with E-state index in [4.69, 9.17) is 0 Å². The van der Waals surface area contributed by atoms with E-state index in [1.807, 2.05) is 26.1 Å². The normalized spacial score (nSPS) is 10.7. The molecule has 0 saturated carbocycles. The van der Waals surface area contributed by atoms with Crippen LogP contribution < -0.4 is 5.32 Å². The van der Waals surface area contributed by atoms with E-state index in [0.717, 1.165) is 33.8 Å². The maximum Gasteiger partial charge on any atom is 0.159 e. The molecule has 1 aromatic heterocycles. The molecule has 2 aromatic rings. The summed E-state index contributed by atoms with van der Waals surface area (Å²) in [6.07, 6.45) is 0.